The minimum Gasteiger partial charge on any atom is -0.462 e. The Morgan fingerprint density at radius 2 is 0.957 bits per heavy atom. The predicted molar refractivity (Wildman–Crippen MR) is 175 cm³/mol. The van der Waals surface area contributed by atoms with Gasteiger partial charge in [0.25, 0.3) is 0 Å². The van der Waals surface area contributed by atoms with Crippen LogP contribution in [0.1, 0.15) is 142 Å². The highest BCUT2D eigenvalue weighted by molar-refractivity contribution is 7.47. The lowest BCUT2D eigenvalue weighted by Crippen LogP contribution is -2.64. The maximum atomic E-state index is 12.7. The number of ether oxygens (including phenoxy) is 2. The molecule has 8 atom stereocenters. The number of carbonyl (C=O) groups excluding carboxylic acids is 2. The molecule has 1 aliphatic carbocycles. The van der Waals surface area contributed by atoms with Crippen LogP contribution in [0.3, 0.4) is 0 Å². The maximum Gasteiger partial charge on any atom is 0.472 e. The van der Waals surface area contributed by atoms with Crippen LogP contribution in [0, 0.1) is 0 Å². The van der Waals surface area contributed by atoms with Gasteiger partial charge in [0.1, 0.15) is 43.2 Å². The fraction of sp³-hybridized carbons (Fsp3) is 0.939. The molecule has 13 nitrogen and oxygen atoms in total. The van der Waals surface area contributed by atoms with Crippen LogP contribution in [0.5, 0.6) is 0 Å². The molecular formula is C33H63O13P. The van der Waals surface area contributed by atoms with Gasteiger partial charge in [-0.15, -0.1) is 0 Å². The molecule has 0 amide bonds. The van der Waals surface area contributed by atoms with Gasteiger partial charge in [-0.05, 0) is 12.8 Å². The van der Waals surface area contributed by atoms with E-state index in [2.05, 4.69) is 13.8 Å². The van der Waals surface area contributed by atoms with Gasteiger partial charge in [-0.2, -0.15) is 0 Å². The van der Waals surface area contributed by atoms with E-state index in [1.807, 2.05) is 0 Å². The summed E-state index contributed by atoms with van der Waals surface area (Å²) in [5.41, 5.74) is 0. The highest BCUT2D eigenvalue weighted by Gasteiger charge is 2.51. The second-order valence-electron chi connectivity index (χ2n) is 12.7. The van der Waals surface area contributed by atoms with Crippen molar-refractivity contribution in [3.05, 3.63) is 0 Å². The zero-order chi connectivity index (χ0) is 35.1. The summed E-state index contributed by atoms with van der Waals surface area (Å²) >= 11 is 0. The number of aliphatic hydroxyl groups excluding tert-OH is 5. The van der Waals surface area contributed by atoms with E-state index in [9.17, 15) is 44.6 Å². The first-order chi connectivity index (χ1) is 22.4. The van der Waals surface area contributed by atoms with E-state index in [4.69, 9.17) is 18.5 Å². The molecule has 1 saturated carbocycles. The summed E-state index contributed by atoms with van der Waals surface area (Å²) in [4.78, 5) is 35.2. The zero-order valence-corrected chi connectivity index (χ0v) is 29.5. The van der Waals surface area contributed by atoms with E-state index in [1.165, 1.54) is 57.8 Å². The fourth-order valence-corrected chi connectivity index (χ4v) is 6.43. The number of carbonyl (C=O) groups is 2. The van der Waals surface area contributed by atoms with E-state index in [1.54, 1.807) is 0 Å². The van der Waals surface area contributed by atoms with Crippen LogP contribution < -0.4 is 0 Å². The van der Waals surface area contributed by atoms with Gasteiger partial charge in [0.15, 0.2) is 6.10 Å². The van der Waals surface area contributed by atoms with Crippen molar-refractivity contribution >= 4 is 19.8 Å². The lowest BCUT2D eigenvalue weighted by atomic mass is 9.85. The fourth-order valence-electron chi connectivity index (χ4n) is 5.46. The largest absolute Gasteiger partial charge is 0.472 e. The molecule has 0 spiro atoms. The van der Waals surface area contributed by atoms with Gasteiger partial charge >= 0.3 is 19.8 Å². The van der Waals surface area contributed by atoms with E-state index < -0.39 is 75.7 Å². The number of esters is 2. The van der Waals surface area contributed by atoms with Crippen LogP contribution in [-0.2, 0) is 32.7 Å². The van der Waals surface area contributed by atoms with Gasteiger partial charge in [0.2, 0.25) is 0 Å². The monoisotopic (exact) mass is 698 g/mol. The minimum atomic E-state index is -5.09. The van der Waals surface area contributed by atoms with Crippen molar-refractivity contribution in [2.24, 2.45) is 0 Å². The van der Waals surface area contributed by atoms with Crippen LogP contribution in [0.4, 0.5) is 0 Å². The Morgan fingerprint density at radius 3 is 1.40 bits per heavy atom. The molecule has 1 fully saturated rings. The number of unbranched alkanes of at least 4 members (excludes halogenated alkanes) is 16. The van der Waals surface area contributed by atoms with E-state index in [-0.39, 0.29) is 12.8 Å². The summed E-state index contributed by atoms with van der Waals surface area (Å²) < 4.78 is 33.1. The SMILES string of the molecule is CCCCCCCCCCCCC(=O)OC[C@H](COP(=O)(O)OC1C(O)C(O)C(O)[C@@H](O)C1O)OC(=O)CCCCCCCCCC. The summed E-state index contributed by atoms with van der Waals surface area (Å²) in [6, 6.07) is 0. The van der Waals surface area contributed by atoms with Gasteiger partial charge in [0, 0.05) is 12.8 Å². The third-order valence-corrected chi connectivity index (χ3v) is 9.43. The normalized spacial score (nSPS) is 24.9. The molecule has 6 unspecified atom stereocenters. The third kappa shape index (κ3) is 19.6. The Morgan fingerprint density at radius 1 is 0.574 bits per heavy atom. The van der Waals surface area contributed by atoms with Gasteiger partial charge in [0.05, 0.1) is 6.61 Å². The Balaban J connectivity index is 2.58. The molecule has 0 aromatic carbocycles. The number of aliphatic hydroxyl groups is 5. The van der Waals surface area contributed by atoms with Crippen LogP contribution in [0.25, 0.3) is 0 Å². The molecule has 0 radical (unpaired) electrons. The molecule has 0 heterocycles. The number of hydrogen-bond acceptors (Lipinski definition) is 12. The van der Waals surface area contributed by atoms with E-state index in [0.29, 0.717) is 12.8 Å². The smallest absolute Gasteiger partial charge is 0.462 e. The second kappa shape index (κ2) is 25.8. The molecule has 6 N–H and O–H groups in total. The lowest BCUT2D eigenvalue weighted by Gasteiger charge is -2.41. The van der Waals surface area contributed by atoms with E-state index >= 15 is 0 Å². The topological polar surface area (TPSA) is 210 Å². The minimum absolute atomic E-state index is 0.101. The first-order valence-corrected chi connectivity index (χ1v) is 19.3. The second-order valence-corrected chi connectivity index (χ2v) is 14.1. The van der Waals surface area contributed by atoms with Crippen LogP contribution >= 0.6 is 7.82 Å². The summed E-state index contributed by atoms with van der Waals surface area (Å²) in [5.74, 6) is -1.10. The highest BCUT2D eigenvalue weighted by Crippen LogP contribution is 2.47. The average Bonchev–Trinajstić information content (AvgIpc) is 3.04. The summed E-state index contributed by atoms with van der Waals surface area (Å²) in [6.07, 6.45) is 6.46. The molecule has 0 aliphatic heterocycles. The molecule has 0 aromatic heterocycles. The Bertz CT molecular complexity index is 859. The average molecular weight is 699 g/mol. The van der Waals surface area contributed by atoms with Gasteiger partial charge in [-0.3, -0.25) is 18.6 Å². The van der Waals surface area contributed by atoms with Gasteiger partial charge in [-0.25, -0.2) is 4.57 Å². The summed E-state index contributed by atoms with van der Waals surface area (Å²) in [5, 5.41) is 49.7. The molecule has 0 bridgehead atoms. The predicted octanol–water partition coefficient (Wildman–Crippen LogP) is 4.60. The number of rotatable bonds is 28. The molecule has 47 heavy (non-hydrogen) atoms. The molecule has 0 saturated heterocycles. The molecule has 0 aromatic rings. The van der Waals surface area contributed by atoms with Crippen molar-refractivity contribution in [1.29, 1.82) is 0 Å². The van der Waals surface area contributed by atoms with Crippen molar-refractivity contribution in [3.8, 4) is 0 Å². The number of hydrogen-bond donors (Lipinski definition) is 6. The van der Waals surface area contributed by atoms with Crippen molar-refractivity contribution in [1.82, 2.24) is 0 Å². The van der Waals surface area contributed by atoms with Crippen molar-refractivity contribution in [3.63, 3.8) is 0 Å². The van der Waals surface area contributed by atoms with Gasteiger partial charge in [-0.1, -0.05) is 117 Å². The third-order valence-electron chi connectivity index (χ3n) is 8.45. The lowest BCUT2D eigenvalue weighted by molar-refractivity contribution is -0.220. The van der Waals surface area contributed by atoms with Crippen molar-refractivity contribution < 1.29 is 63.1 Å². The highest BCUT2D eigenvalue weighted by atomic mass is 31.2. The Kier molecular flexibility index (Phi) is 24.1. The number of phosphoric acid groups is 1. The Labute approximate surface area is 281 Å². The quantitative estimate of drug-likeness (QED) is 0.0375. The number of phosphoric ester groups is 1. The first kappa shape index (κ1) is 43.9. The molecular weight excluding hydrogens is 635 g/mol. The van der Waals surface area contributed by atoms with Crippen molar-refractivity contribution in [2.45, 2.75) is 185 Å². The van der Waals surface area contributed by atoms with E-state index in [0.717, 1.165) is 44.9 Å². The zero-order valence-electron chi connectivity index (χ0n) is 28.6. The maximum absolute atomic E-state index is 12.7. The first-order valence-electron chi connectivity index (χ1n) is 17.8. The molecule has 14 heteroatoms. The molecule has 278 valence electrons. The van der Waals surface area contributed by atoms with Crippen LogP contribution in [0.15, 0.2) is 0 Å². The van der Waals surface area contributed by atoms with Crippen molar-refractivity contribution in [2.75, 3.05) is 13.2 Å². The standard InChI is InChI=1S/C33H63O13P/c1-3-5-7-9-11-13-14-16-17-19-21-26(34)43-23-25(45-27(35)22-20-18-15-12-10-8-6-4-2)24-44-47(41,42)46-33-31(39)29(37)28(36)30(38)32(33)40/h25,28-33,36-40H,3-24H2,1-2H3,(H,41,42)/t25-,28?,29-,30?,31?,32?,33?/m1/s1. The van der Waals surface area contributed by atoms with Crippen LogP contribution in [-0.4, -0.2) is 98.3 Å². The Hall–Kier alpha value is -1.15. The molecule has 1 rings (SSSR count). The summed E-state index contributed by atoms with van der Waals surface area (Å²) in [6.45, 7) is 3.19. The van der Waals surface area contributed by atoms with Gasteiger partial charge < -0.3 is 39.9 Å². The van der Waals surface area contributed by atoms with Crippen LogP contribution in [0.2, 0.25) is 0 Å². The summed E-state index contributed by atoms with van der Waals surface area (Å²) in [7, 11) is -5.09. The molecule has 1 aliphatic rings.